The van der Waals surface area contributed by atoms with Crippen LogP contribution < -0.4 is 0 Å². The van der Waals surface area contributed by atoms with E-state index in [0.717, 1.165) is 77.0 Å². The van der Waals surface area contributed by atoms with Crippen LogP contribution >= 0.6 is 0 Å². The number of ether oxygens (including phenoxy) is 3. The number of allylic oxidation sites excluding steroid dienone is 17. The van der Waals surface area contributed by atoms with Gasteiger partial charge in [0.1, 0.15) is 13.2 Å². The molecule has 1 unspecified atom stereocenters. The van der Waals surface area contributed by atoms with Gasteiger partial charge >= 0.3 is 17.9 Å². The quantitative estimate of drug-likeness (QED) is 0.0312. The molecular weight excluding hydrogens is 624 g/mol. The van der Waals surface area contributed by atoms with E-state index in [1.165, 1.54) is 0 Å². The first-order valence-electron chi connectivity index (χ1n) is 18.9. The zero-order valence-electron chi connectivity index (χ0n) is 31.4. The molecule has 0 radical (unpaired) electrons. The number of hydrogen-bond acceptors (Lipinski definition) is 6. The van der Waals surface area contributed by atoms with E-state index in [1.54, 1.807) is 6.08 Å². The zero-order valence-corrected chi connectivity index (χ0v) is 31.4. The lowest BCUT2D eigenvalue weighted by Crippen LogP contribution is -2.30. The molecule has 0 fully saturated rings. The van der Waals surface area contributed by atoms with Gasteiger partial charge in [-0.15, -0.1) is 0 Å². The lowest BCUT2D eigenvalue weighted by Gasteiger charge is -2.18. The minimum atomic E-state index is -0.852. The summed E-state index contributed by atoms with van der Waals surface area (Å²) in [6.45, 7) is 6.04. The number of carbonyl (C=O) groups excluding carboxylic acids is 3. The average Bonchev–Trinajstić information content (AvgIpc) is 3.11. The van der Waals surface area contributed by atoms with E-state index in [4.69, 9.17) is 14.2 Å². The maximum absolute atomic E-state index is 12.6. The van der Waals surface area contributed by atoms with Crippen molar-refractivity contribution in [3.8, 4) is 0 Å². The minimum absolute atomic E-state index is 0.113. The van der Waals surface area contributed by atoms with E-state index in [0.29, 0.717) is 12.8 Å². The Balaban J connectivity index is 4.64. The van der Waals surface area contributed by atoms with E-state index in [2.05, 4.69) is 118 Å². The van der Waals surface area contributed by atoms with Gasteiger partial charge in [0, 0.05) is 12.8 Å². The predicted octanol–water partition coefficient (Wildman–Crippen LogP) is 11.7. The minimum Gasteiger partial charge on any atom is -0.462 e. The monoisotopic (exact) mass is 690 g/mol. The van der Waals surface area contributed by atoms with Gasteiger partial charge in [-0.05, 0) is 89.9 Å². The van der Waals surface area contributed by atoms with E-state index in [-0.39, 0.29) is 38.4 Å². The molecule has 6 nitrogen and oxygen atoms in total. The smallest absolute Gasteiger partial charge is 0.309 e. The van der Waals surface area contributed by atoms with Gasteiger partial charge in [0.25, 0.3) is 0 Å². The van der Waals surface area contributed by atoms with Crippen molar-refractivity contribution in [2.75, 3.05) is 13.2 Å². The highest BCUT2D eigenvalue weighted by atomic mass is 16.6. The molecule has 0 aromatic rings. The van der Waals surface area contributed by atoms with E-state index in [1.807, 2.05) is 6.08 Å². The van der Waals surface area contributed by atoms with Crippen LogP contribution in [-0.2, 0) is 28.6 Å². The summed E-state index contributed by atoms with van der Waals surface area (Å²) in [6, 6.07) is 0. The molecule has 0 saturated carbocycles. The highest BCUT2D eigenvalue weighted by Gasteiger charge is 2.19. The predicted molar refractivity (Wildman–Crippen MR) is 210 cm³/mol. The normalized spacial score (nSPS) is 13.3. The maximum Gasteiger partial charge on any atom is 0.309 e. The molecule has 0 spiro atoms. The Morgan fingerprint density at radius 2 is 0.800 bits per heavy atom. The van der Waals surface area contributed by atoms with Crippen LogP contribution in [0.3, 0.4) is 0 Å². The van der Waals surface area contributed by atoms with Crippen LogP contribution in [0.15, 0.2) is 109 Å². The number of hydrogen-bond donors (Lipinski definition) is 0. The molecule has 0 aromatic carbocycles. The lowest BCUT2D eigenvalue weighted by molar-refractivity contribution is -0.166. The third kappa shape index (κ3) is 35.4. The maximum atomic E-state index is 12.6. The largest absolute Gasteiger partial charge is 0.462 e. The molecule has 0 rings (SSSR count). The zero-order chi connectivity index (χ0) is 36.6. The molecule has 0 N–H and O–H groups in total. The van der Waals surface area contributed by atoms with E-state index in [9.17, 15) is 14.4 Å². The Labute approximate surface area is 304 Å². The van der Waals surface area contributed by atoms with Gasteiger partial charge in [0.2, 0.25) is 0 Å². The number of unbranched alkanes of at least 4 members (excludes halogenated alkanes) is 3. The summed E-state index contributed by atoms with van der Waals surface area (Å²) in [7, 11) is 0. The van der Waals surface area contributed by atoms with Gasteiger partial charge in [-0.3, -0.25) is 14.4 Å². The highest BCUT2D eigenvalue weighted by Crippen LogP contribution is 2.08. The van der Waals surface area contributed by atoms with Gasteiger partial charge in [-0.1, -0.05) is 130 Å². The summed E-state index contributed by atoms with van der Waals surface area (Å²) in [5, 5.41) is 0. The molecule has 50 heavy (non-hydrogen) atoms. The van der Waals surface area contributed by atoms with Crippen LogP contribution in [0.4, 0.5) is 0 Å². The van der Waals surface area contributed by atoms with E-state index >= 15 is 0 Å². The van der Waals surface area contributed by atoms with Crippen molar-refractivity contribution in [3.05, 3.63) is 109 Å². The van der Waals surface area contributed by atoms with Gasteiger partial charge in [0.05, 0.1) is 6.42 Å². The second-order valence-corrected chi connectivity index (χ2v) is 11.7. The second kappa shape index (κ2) is 37.9. The second-order valence-electron chi connectivity index (χ2n) is 11.7. The van der Waals surface area contributed by atoms with Gasteiger partial charge in [0.15, 0.2) is 6.10 Å². The van der Waals surface area contributed by atoms with Crippen LogP contribution in [0.2, 0.25) is 0 Å². The van der Waals surface area contributed by atoms with Crippen molar-refractivity contribution < 1.29 is 28.6 Å². The third-order valence-electron chi connectivity index (χ3n) is 7.04. The number of rotatable bonds is 31. The summed E-state index contributed by atoms with van der Waals surface area (Å²) >= 11 is 0. The van der Waals surface area contributed by atoms with Gasteiger partial charge < -0.3 is 14.2 Å². The average molecular weight is 691 g/mol. The van der Waals surface area contributed by atoms with Crippen LogP contribution in [0.5, 0.6) is 0 Å². The van der Waals surface area contributed by atoms with E-state index < -0.39 is 18.0 Å². The first-order valence-corrected chi connectivity index (χ1v) is 18.9. The summed E-state index contributed by atoms with van der Waals surface area (Å²) in [5.74, 6) is -1.19. The first kappa shape index (κ1) is 46.1. The summed E-state index contributed by atoms with van der Waals surface area (Å²) in [6.07, 6.45) is 49.8. The van der Waals surface area contributed by atoms with Crippen molar-refractivity contribution in [2.45, 2.75) is 136 Å². The Hall–Kier alpha value is -3.93. The fourth-order valence-corrected chi connectivity index (χ4v) is 4.30. The van der Waals surface area contributed by atoms with Crippen molar-refractivity contribution in [1.82, 2.24) is 0 Å². The molecular formula is C44H66O6. The Kier molecular flexibility index (Phi) is 34.9. The third-order valence-corrected chi connectivity index (χ3v) is 7.04. The Morgan fingerprint density at radius 1 is 0.420 bits per heavy atom. The number of carbonyl (C=O) groups is 3. The van der Waals surface area contributed by atoms with Crippen molar-refractivity contribution in [3.63, 3.8) is 0 Å². The topological polar surface area (TPSA) is 78.9 Å². The van der Waals surface area contributed by atoms with Crippen molar-refractivity contribution in [2.24, 2.45) is 0 Å². The standard InChI is InChI=1S/C44H66O6/c1-4-7-10-13-16-19-21-23-25-28-31-34-37-43(46)49-40-41(39-48-42(45)36-33-30-27-24-18-15-12-9-6-3)50-44(47)38-35-32-29-26-22-20-17-14-11-8-5-2/h7-12,16-20,23-26,29-30,33,41H,4-6,13-15,21-22,27-28,31-32,34-40H2,1-3H3/b10-7-,11-8-,12-9-,19-16-,20-17-,24-18-,25-23-,29-26-,33-30-. The van der Waals surface area contributed by atoms with Gasteiger partial charge in [-0.2, -0.15) is 0 Å². The SMILES string of the molecule is CC/C=C\C/C=C\C/C=C\CCCCC(=O)OCC(COC(=O)C/C=C\C/C=C\C/C=C\CC)OC(=O)CCC/C=C\C/C=C\C/C=C\CC. The molecule has 278 valence electrons. The molecule has 0 aliphatic heterocycles. The van der Waals surface area contributed by atoms with Crippen LogP contribution in [0.25, 0.3) is 0 Å². The summed E-state index contributed by atoms with van der Waals surface area (Å²) in [5.41, 5.74) is 0. The molecule has 0 heterocycles. The molecule has 0 aromatic heterocycles. The van der Waals surface area contributed by atoms with Crippen LogP contribution in [0, 0.1) is 0 Å². The molecule has 6 heteroatoms. The fourth-order valence-electron chi connectivity index (χ4n) is 4.30. The molecule has 0 aliphatic rings. The molecule has 0 amide bonds. The molecule has 1 atom stereocenters. The summed E-state index contributed by atoms with van der Waals surface area (Å²) < 4.78 is 16.4. The molecule has 0 saturated heterocycles. The van der Waals surface area contributed by atoms with Crippen LogP contribution in [-0.4, -0.2) is 37.2 Å². The fraction of sp³-hybridized carbons (Fsp3) is 0.523. The molecule has 0 bridgehead atoms. The highest BCUT2D eigenvalue weighted by molar-refractivity contribution is 5.72. The molecule has 0 aliphatic carbocycles. The summed E-state index contributed by atoms with van der Waals surface area (Å²) in [4.78, 5) is 37.3. The Morgan fingerprint density at radius 3 is 1.28 bits per heavy atom. The lowest BCUT2D eigenvalue weighted by atomic mass is 10.2. The van der Waals surface area contributed by atoms with Crippen LogP contribution in [0.1, 0.15) is 130 Å². The van der Waals surface area contributed by atoms with Gasteiger partial charge in [-0.25, -0.2) is 0 Å². The Bertz CT molecular complexity index is 1120. The van der Waals surface area contributed by atoms with Crippen molar-refractivity contribution >= 4 is 17.9 Å². The number of esters is 3. The van der Waals surface area contributed by atoms with Crippen molar-refractivity contribution in [1.29, 1.82) is 0 Å². The first-order chi connectivity index (χ1) is 24.5.